The van der Waals surface area contributed by atoms with E-state index in [1.54, 1.807) is 42.7 Å². The predicted octanol–water partition coefficient (Wildman–Crippen LogP) is 0.0470. The van der Waals surface area contributed by atoms with E-state index in [0.29, 0.717) is 12.8 Å². The molecule has 0 radical (unpaired) electrons. The Bertz CT molecular complexity index is 311. The van der Waals surface area contributed by atoms with Crippen molar-refractivity contribution in [3.63, 3.8) is 0 Å². The molecular formula is C12H23NO6. The molecule has 1 N–H and O–H groups in total. The van der Waals surface area contributed by atoms with Crippen molar-refractivity contribution in [1.82, 2.24) is 5.32 Å². The summed E-state index contributed by atoms with van der Waals surface area (Å²) in [6.07, 6.45) is 1.11. The summed E-state index contributed by atoms with van der Waals surface area (Å²) in [5.74, 6) is -1.63. The summed E-state index contributed by atoms with van der Waals surface area (Å²) in [7, 11) is 9.52. The number of ether oxygens (including phenoxy) is 6. The highest BCUT2D eigenvalue weighted by Crippen LogP contribution is 2.59. The van der Waals surface area contributed by atoms with Crippen LogP contribution in [0.2, 0.25) is 0 Å². The van der Waals surface area contributed by atoms with Crippen LogP contribution in [-0.2, 0) is 28.4 Å². The number of nitrogens with one attached hydrogen (secondary N) is 1. The van der Waals surface area contributed by atoms with Crippen LogP contribution in [0.1, 0.15) is 12.8 Å². The molecule has 0 spiro atoms. The first-order valence-corrected chi connectivity index (χ1v) is 6.09. The van der Waals surface area contributed by atoms with Gasteiger partial charge in [-0.3, -0.25) is 5.32 Å². The van der Waals surface area contributed by atoms with Gasteiger partial charge < -0.3 is 28.4 Å². The second-order valence-corrected chi connectivity index (χ2v) is 4.86. The third kappa shape index (κ3) is 1.77. The molecule has 0 heterocycles. The van der Waals surface area contributed by atoms with Gasteiger partial charge in [0.25, 0.3) is 0 Å². The van der Waals surface area contributed by atoms with Crippen LogP contribution in [-0.4, -0.2) is 65.7 Å². The fourth-order valence-electron chi connectivity index (χ4n) is 2.84. The molecule has 19 heavy (non-hydrogen) atoms. The predicted molar refractivity (Wildman–Crippen MR) is 65.3 cm³/mol. The average Bonchev–Trinajstić information content (AvgIpc) is 3.32. The molecule has 0 aromatic heterocycles. The molecule has 0 saturated heterocycles. The molecule has 7 heteroatoms. The van der Waals surface area contributed by atoms with Gasteiger partial charge >= 0.3 is 0 Å². The van der Waals surface area contributed by atoms with E-state index in [0.717, 1.165) is 0 Å². The zero-order chi connectivity index (χ0) is 14.4. The minimum Gasteiger partial charge on any atom is -0.358 e. The van der Waals surface area contributed by atoms with E-state index >= 15 is 0 Å². The van der Waals surface area contributed by atoms with Gasteiger partial charge in [0.15, 0.2) is 11.4 Å². The second-order valence-electron chi connectivity index (χ2n) is 4.86. The topological polar surface area (TPSA) is 67.4 Å². The normalized spacial score (nSPS) is 38.2. The number of hydrogen-bond donors (Lipinski definition) is 1. The fourth-order valence-corrected chi connectivity index (χ4v) is 2.84. The largest absolute Gasteiger partial charge is 0.358 e. The van der Waals surface area contributed by atoms with Crippen LogP contribution < -0.4 is 5.32 Å². The first-order valence-electron chi connectivity index (χ1n) is 6.09. The lowest BCUT2D eigenvalue weighted by atomic mass is 10.4. The van der Waals surface area contributed by atoms with Crippen LogP contribution >= 0.6 is 0 Å². The lowest BCUT2D eigenvalue weighted by Gasteiger charge is -2.30. The van der Waals surface area contributed by atoms with Crippen LogP contribution in [0.4, 0.5) is 0 Å². The quantitative estimate of drug-likeness (QED) is 0.629. The third-order valence-electron chi connectivity index (χ3n) is 4.36. The van der Waals surface area contributed by atoms with E-state index < -0.39 is 23.0 Å². The van der Waals surface area contributed by atoms with Gasteiger partial charge in [-0.1, -0.05) is 0 Å². The summed E-state index contributed by atoms with van der Waals surface area (Å²) in [6, 6.07) is 0. The van der Waals surface area contributed by atoms with Gasteiger partial charge in [-0.2, -0.15) is 0 Å². The molecule has 2 atom stereocenters. The van der Waals surface area contributed by atoms with Crippen molar-refractivity contribution in [2.75, 3.05) is 42.7 Å². The van der Waals surface area contributed by atoms with Gasteiger partial charge in [0.1, 0.15) is 0 Å². The molecule has 0 amide bonds. The summed E-state index contributed by atoms with van der Waals surface area (Å²) in [4.78, 5) is 0. The number of rotatable bonds is 8. The molecule has 7 nitrogen and oxygen atoms in total. The van der Waals surface area contributed by atoms with E-state index in [1.165, 1.54) is 0 Å². The van der Waals surface area contributed by atoms with E-state index in [4.69, 9.17) is 28.4 Å². The van der Waals surface area contributed by atoms with Gasteiger partial charge in [-0.15, -0.1) is 0 Å². The average molecular weight is 277 g/mol. The van der Waals surface area contributed by atoms with E-state index in [9.17, 15) is 0 Å². The third-order valence-corrected chi connectivity index (χ3v) is 4.36. The molecule has 0 aromatic carbocycles. The molecule has 2 saturated carbocycles. The highest BCUT2D eigenvalue weighted by atomic mass is 16.8. The van der Waals surface area contributed by atoms with Gasteiger partial charge in [0.05, 0.1) is 12.8 Å². The molecular weight excluding hydrogens is 254 g/mol. The molecule has 0 bridgehead atoms. The summed E-state index contributed by atoms with van der Waals surface area (Å²) >= 11 is 0. The Hall–Kier alpha value is -0.280. The molecule has 2 unspecified atom stereocenters. The van der Waals surface area contributed by atoms with Crippen molar-refractivity contribution in [2.24, 2.45) is 0 Å². The summed E-state index contributed by atoms with van der Waals surface area (Å²) in [6.45, 7) is 0. The maximum atomic E-state index is 5.55. The van der Waals surface area contributed by atoms with Gasteiger partial charge in [0, 0.05) is 42.7 Å². The Kier molecular flexibility index (Phi) is 3.68. The van der Waals surface area contributed by atoms with Crippen LogP contribution in [0.3, 0.4) is 0 Å². The maximum Gasteiger partial charge on any atom is 0.215 e. The van der Waals surface area contributed by atoms with Crippen LogP contribution in [0.5, 0.6) is 0 Å². The standard InChI is InChI=1S/C12H23NO6/c1-14-9(7-11(9,16-3)17-4)13-10(15-2)8-12(10,18-5)19-6/h13H,7-8H2,1-6H3. The zero-order valence-corrected chi connectivity index (χ0v) is 12.4. The van der Waals surface area contributed by atoms with E-state index in [-0.39, 0.29) is 0 Å². The molecule has 2 aliphatic carbocycles. The monoisotopic (exact) mass is 277 g/mol. The Balaban J connectivity index is 2.17. The minimum absolute atomic E-state index is 0.554. The molecule has 2 rings (SSSR count). The van der Waals surface area contributed by atoms with E-state index in [1.807, 2.05) is 0 Å². The van der Waals surface area contributed by atoms with Crippen molar-refractivity contribution < 1.29 is 28.4 Å². The van der Waals surface area contributed by atoms with Crippen molar-refractivity contribution >= 4 is 0 Å². The molecule has 112 valence electrons. The summed E-state index contributed by atoms with van der Waals surface area (Å²) in [5, 5.41) is 3.30. The van der Waals surface area contributed by atoms with Crippen LogP contribution in [0, 0.1) is 0 Å². The van der Waals surface area contributed by atoms with Crippen LogP contribution in [0.25, 0.3) is 0 Å². The SMILES string of the molecule is COC1(NC2(OC)CC2(OC)OC)CC1(OC)OC. The van der Waals surface area contributed by atoms with Gasteiger partial charge in [-0.25, -0.2) is 0 Å². The van der Waals surface area contributed by atoms with Gasteiger partial charge in [0.2, 0.25) is 11.6 Å². The Labute approximate surface area is 113 Å². The fraction of sp³-hybridized carbons (Fsp3) is 1.00. The van der Waals surface area contributed by atoms with Crippen molar-refractivity contribution in [2.45, 2.75) is 35.9 Å². The maximum absolute atomic E-state index is 5.55. The van der Waals surface area contributed by atoms with Crippen molar-refractivity contribution in [3.8, 4) is 0 Å². The second kappa shape index (κ2) is 4.63. The van der Waals surface area contributed by atoms with Crippen molar-refractivity contribution in [3.05, 3.63) is 0 Å². The summed E-state index contributed by atoms with van der Waals surface area (Å²) in [5.41, 5.74) is -1.54. The molecule has 0 aliphatic heterocycles. The Morgan fingerprint density at radius 2 is 0.895 bits per heavy atom. The molecule has 2 fully saturated rings. The smallest absolute Gasteiger partial charge is 0.215 e. The lowest BCUT2D eigenvalue weighted by molar-refractivity contribution is -0.227. The lowest BCUT2D eigenvalue weighted by Crippen LogP contribution is -2.55. The number of methoxy groups -OCH3 is 6. The van der Waals surface area contributed by atoms with Gasteiger partial charge in [-0.05, 0) is 0 Å². The Morgan fingerprint density at radius 3 is 1.05 bits per heavy atom. The van der Waals surface area contributed by atoms with Crippen LogP contribution in [0.15, 0.2) is 0 Å². The summed E-state index contributed by atoms with van der Waals surface area (Å²) < 4.78 is 32.8. The highest BCUT2D eigenvalue weighted by molar-refractivity contribution is 5.22. The minimum atomic E-state index is -0.816. The van der Waals surface area contributed by atoms with E-state index in [2.05, 4.69) is 5.32 Å². The molecule has 2 aliphatic rings. The highest BCUT2D eigenvalue weighted by Gasteiger charge is 2.81. The zero-order valence-electron chi connectivity index (χ0n) is 12.4. The first kappa shape index (κ1) is 15.1. The number of hydrogen-bond acceptors (Lipinski definition) is 7. The first-order chi connectivity index (χ1) is 8.99. The molecule has 0 aromatic rings. The Morgan fingerprint density at radius 1 is 0.579 bits per heavy atom. The van der Waals surface area contributed by atoms with Crippen molar-refractivity contribution in [1.29, 1.82) is 0 Å².